The summed E-state index contributed by atoms with van der Waals surface area (Å²) in [5, 5.41) is 25.5. The normalized spacial score (nSPS) is 39.2. The Morgan fingerprint density at radius 2 is 1.85 bits per heavy atom. The summed E-state index contributed by atoms with van der Waals surface area (Å²) in [6.45, 7) is 1.71. The molecule has 13 heavy (non-hydrogen) atoms. The lowest BCUT2D eigenvalue weighted by Crippen LogP contribution is -2.47. The molecule has 2 unspecified atom stereocenters. The molecule has 1 aliphatic rings. The summed E-state index contributed by atoms with van der Waals surface area (Å²) in [4.78, 5) is 0. The van der Waals surface area contributed by atoms with E-state index in [1.165, 1.54) is 7.11 Å². The molecule has 3 N–H and O–H groups in total. The average Bonchev–Trinajstić information content (AvgIpc) is 2.14. The van der Waals surface area contributed by atoms with Crippen molar-refractivity contribution in [2.75, 3.05) is 14.2 Å². The summed E-state index contributed by atoms with van der Waals surface area (Å²) < 4.78 is 9.91. The van der Waals surface area contributed by atoms with Crippen molar-refractivity contribution >= 4 is 0 Å². The van der Waals surface area contributed by atoms with Crippen LogP contribution in [-0.2, 0) is 9.47 Å². The van der Waals surface area contributed by atoms with Crippen molar-refractivity contribution in [2.24, 2.45) is 0 Å². The van der Waals surface area contributed by atoms with Crippen molar-refractivity contribution in [2.45, 2.75) is 37.9 Å². The minimum absolute atomic E-state index is 0.311. The predicted molar refractivity (Wildman–Crippen MR) is 46.1 cm³/mol. The molecule has 5 nitrogen and oxygen atoms in total. The molecule has 1 aliphatic heterocycles. The van der Waals surface area contributed by atoms with E-state index in [9.17, 15) is 5.11 Å². The fourth-order valence-electron chi connectivity index (χ4n) is 1.26. The molecule has 80 valence electrons. The van der Waals surface area contributed by atoms with Gasteiger partial charge in [0, 0.05) is 20.6 Å². The van der Waals surface area contributed by atoms with Crippen LogP contribution in [0.1, 0.15) is 13.3 Å². The van der Waals surface area contributed by atoms with Crippen LogP contribution in [0.5, 0.6) is 0 Å². The molecule has 0 aromatic heterocycles. The van der Waals surface area contributed by atoms with Gasteiger partial charge in [-0.15, -0.1) is 0 Å². The number of rotatable bonds is 1. The maximum absolute atomic E-state index is 9.39. The zero-order chi connectivity index (χ0) is 10.4. The third kappa shape index (κ3) is 3.58. The van der Waals surface area contributed by atoms with Gasteiger partial charge >= 0.3 is 0 Å². The summed E-state index contributed by atoms with van der Waals surface area (Å²) in [6, 6.07) is 0. The number of methoxy groups -OCH3 is 1. The first kappa shape index (κ1) is 12.8. The van der Waals surface area contributed by atoms with E-state index in [2.05, 4.69) is 0 Å². The van der Waals surface area contributed by atoms with Gasteiger partial charge in [-0.05, 0) is 6.92 Å². The Hall–Kier alpha value is -0.200. The summed E-state index contributed by atoms with van der Waals surface area (Å²) in [5.74, 6) is 0. The molecule has 1 heterocycles. The predicted octanol–water partition coefficient (Wildman–Crippen LogP) is -0.902. The Balaban J connectivity index is 0.000000671. The van der Waals surface area contributed by atoms with Crippen LogP contribution in [0.3, 0.4) is 0 Å². The van der Waals surface area contributed by atoms with Gasteiger partial charge in [0.25, 0.3) is 0 Å². The van der Waals surface area contributed by atoms with E-state index < -0.39 is 12.4 Å². The van der Waals surface area contributed by atoms with Crippen LogP contribution in [0, 0.1) is 0 Å². The largest absolute Gasteiger partial charge is 0.400 e. The minimum atomic E-state index is -0.807. The highest BCUT2D eigenvalue weighted by molar-refractivity contribution is 4.80. The van der Waals surface area contributed by atoms with Gasteiger partial charge in [0.05, 0.1) is 12.2 Å². The molecule has 0 aromatic rings. The monoisotopic (exact) mass is 194 g/mol. The standard InChI is InChI=1S/C7H14O4.CH4O/c1-4-7(9)5(10-2)3-6(8)11-4;1-2/h4-9H,3H2,1-2H3;2H,1H3/t4?,5?,6-,7+;/m1./s1. The van der Waals surface area contributed by atoms with Crippen molar-refractivity contribution in [3.63, 3.8) is 0 Å². The third-order valence-electron chi connectivity index (χ3n) is 1.97. The van der Waals surface area contributed by atoms with Gasteiger partial charge in [0.2, 0.25) is 0 Å². The number of aliphatic hydroxyl groups is 3. The fraction of sp³-hybridized carbons (Fsp3) is 1.00. The zero-order valence-corrected chi connectivity index (χ0v) is 8.17. The molecule has 4 atom stereocenters. The van der Waals surface area contributed by atoms with E-state index >= 15 is 0 Å². The Morgan fingerprint density at radius 1 is 1.31 bits per heavy atom. The Bertz CT molecular complexity index is 130. The van der Waals surface area contributed by atoms with Gasteiger partial charge in [-0.1, -0.05) is 0 Å². The Kier molecular flexibility index (Phi) is 6.19. The summed E-state index contributed by atoms with van der Waals surface area (Å²) >= 11 is 0. The van der Waals surface area contributed by atoms with Crippen LogP contribution in [0.2, 0.25) is 0 Å². The molecule has 0 aromatic carbocycles. The van der Waals surface area contributed by atoms with Gasteiger partial charge in [0.15, 0.2) is 6.29 Å². The summed E-state index contributed by atoms with van der Waals surface area (Å²) in [6.07, 6.45) is -1.78. The smallest absolute Gasteiger partial charge is 0.157 e. The first-order chi connectivity index (χ1) is 6.15. The lowest BCUT2D eigenvalue weighted by atomic mass is 10.0. The van der Waals surface area contributed by atoms with Crippen molar-refractivity contribution in [1.82, 2.24) is 0 Å². The van der Waals surface area contributed by atoms with E-state index in [0.717, 1.165) is 7.11 Å². The van der Waals surface area contributed by atoms with Crippen LogP contribution in [0.25, 0.3) is 0 Å². The molecule has 0 spiro atoms. The first-order valence-electron chi connectivity index (χ1n) is 4.14. The Labute approximate surface area is 77.9 Å². The van der Waals surface area contributed by atoms with E-state index in [4.69, 9.17) is 19.7 Å². The van der Waals surface area contributed by atoms with Crippen LogP contribution in [-0.4, -0.2) is 54.1 Å². The molecule has 1 rings (SSSR count). The van der Waals surface area contributed by atoms with E-state index in [1.807, 2.05) is 0 Å². The molecule has 5 heteroatoms. The highest BCUT2D eigenvalue weighted by Gasteiger charge is 2.34. The fourth-order valence-corrected chi connectivity index (χ4v) is 1.26. The molecule has 0 radical (unpaired) electrons. The summed E-state index contributed by atoms with van der Waals surface area (Å²) in [7, 11) is 2.51. The number of hydrogen-bond acceptors (Lipinski definition) is 5. The molecule has 0 bridgehead atoms. The molecule has 1 fully saturated rings. The molecule has 0 amide bonds. The van der Waals surface area contributed by atoms with Crippen molar-refractivity contribution in [3.8, 4) is 0 Å². The van der Waals surface area contributed by atoms with Crippen molar-refractivity contribution in [3.05, 3.63) is 0 Å². The second-order valence-electron chi connectivity index (χ2n) is 2.80. The second kappa shape index (κ2) is 6.28. The van der Waals surface area contributed by atoms with Crippen molar-refractivity contribution in [1.29, 1.82) is 0 Å². The van der Waals surface area contributed by atoms with Gasteiger partial charge in [-0.2, -0.15) is 0 Å². The van der Waals surface area contributed by atoms with E-state index in [-0.39, 0.29) is 12.2 Å². The first-order valence-corrected chi connectivity index (χ1v) is 4.14. The van der Waals surface area contributed by atoms with Crippen LogP contribution in [0.4, 0.5) is 0 Å². The molecular formula is C8H18O5. The molecule has 1 saturated heterocycles. The Morgan fingerprint density at radius 3 is 2.31 bits per heavy atom. The quantitative estimate of drug-likeness (QED) is 0.504. The van der Waals surface area contributed by atoms with Gasteiger partial charge in [-0.25, -0.2) is 0 Å². The van der Waals surface area contributed by atoms with E-state index in [0.29, 0.717) is 6.42 Å². The minimum Gasteiger partial charge on any atom is -0.400 e. The SMILES string of the molecule is CO.COC1C[C@H](O)OC(C)[C@@H]1O. The lowest BCUT2D eigenvalue weighted by Gasteiger charge is -2.34. The van der Waals surface area contributed by atoms with Crippen LogP contribution in [0.15, 0.2) is 0 Å². The lowest BCUT2D eigenvalue weighted by molar-refractivity contribution is -0.231. The zero-order valence-electron chi connectivity index (χ0n) is 8.17. The van der Waals surface area contributed by atoms with Crippen LogP contribution < -0.4 is 0 Å². The highest BCUT2D eigenvalue weighted by atomic mass is 16.6. The molecule has 0 saturated carbocycles. The number of hydrogen-bond donors (Lipinski definition) is 3. The number of aliphatic hydroxyl groups excluding tert-OH is 3. The van der Waals surface area contributed by atoms with Crippen LogP contribution >= 0.6 is 0 Å². The number of ether oxygens (including phenoxy) is 2. The third-order valence-corrected chi connectivity index (χ3v) is 1.97. The topological polar surface area (TPSA) is 79.2 Å². The van der Waals surface area contributed by atoms with Crippen molar-refractivity contribution < 1.29 is 24.8 Å². The second-order valence-corrected chi connectivity index (χ2v) is 2.80. The molecular weight excluding hydrogens is 176 g/mol. The average molecular weight is 194 g/mol. The maximum atomic E-state index is 9.39. The summed E-state index contributed by atoms with van der Waals surface area (Å²) in [5.41, 5.74) is 0. The molecule has 0 aliphatic carbocycles. The van der Waals surface area contributed by atoms with E-state index in [1.54, 1.807) is 6.92 Å². The highest BCUT2D eigenvalue weighted by Crippen LogP contribution is 2.20. The van der Waals surface area contributed by atoms with Gasteiger partial charge in [-0.3, -0.25) is 0 Å². The maximum Gasteiger partial charge on any atom is 0.157 e. The van der Waals surface area contributed by atoms with Gasteiger partial charge < -0.3 is 24.8 Å². The van der Waals surface area contributed by atoms with Gasteiger partial charge in [0.1, 0.15) is 6.10 Å².